The Morgan fingerprint density at radius 1 is 1.50 bits per heavy atom. The van der Waals surface area contributed by atoms with Gasteiger partial charge in [0.15, 0.2) is 0 Å². The normalized spacial score (nSPS) is 13.2. The molecule has 5 nitrogen and oxygen atoms in total. The molecular formula is C11H16N2O3. The Hall–Kier alpha value is -1.91. The van der Waals surface area contributed by atoms with Crippen molar-refractivity contribution in [2.24, 2.45) is 10.9 Å². The third-order valence-electron chi connectivity index (χ3n) is 2.00. The van der Waals surface area contributed by atoms with Gasteiger partial charge >= 0.3 is 0 Å². The molecule has 0 bridgehead atoms. The zero-order valence-electron chi connectivity index (χ0n) is 9.38. The Labute approximate surface area is 94.5 Å². The van der Waals surface area contributed by atoms with E-state index in [1.165, 1.54) is 0 Å². The van der Waals surface area contributed by atoms with Crippen molar-refractivity contribution in [1.29, 1.82) is 0 Å². The molecule has 1 unspecified atom stereocenters. The third-order valence-corrected chi connectivity index (χ3v) is 2.00. The molecule has 0 heterocycles. The van der Waals surface area contributed by atoms with Crippen LogP contribution in [0.5, 0.6) is 11.5 Å². The Bertz CT molecular complexity index is 366. The maximum absolute atomic E-state index is 8.42. The molecule has 0 aliphatic carbocycles. The highest BCUT2D eigenvalue weighted by molar-refractivity contribution is 5.80. The van der Waals surface area contributed by atoms with Gasteiger partial charge in [0.1, 0.15) is 23.4 Å². The summed E-state index contributed by atoms with van der Waals surface area (Å²) in [4.78, 5) is 0. The highest BCUT2D eigenvalue weighted by atomic mass is 16.5. The molecular weight excluding hydrogens is 208 g/mol. The average Bonchev–Trinajstić information content (AvgIpc) is 2.28. The molecule has 0 aromatic heterocycles. The van der Waals surface area contributed by atoms with Gasteiger partial charge in [-0.05, 0) is 19.1 Å². The molecule has 0 saturated heterocycles. The summed E-state index contributed by atoms with van der Waals surface area (Å²) in [6, 6.07) is 7.28. The minimum absolute atomic E-state index is 0.149. The third kappa shape index (κ3) is 3.68. The van der Waals surface area contributed by atoms with Crippen LogP contribution in [0.2, 0.25) is 0 Å². The summed E-state index contributed by atoms with van der Waals surface area (Å²) in [6.45, 7) is 1.84. The number of amidine groups is 1. The van der Waals surface area contributed by atoms with Crippen LogP contribution in [0.15, 0.2) is 29.4 Å². The lowest BCUT2D eigenvalue weighted by molar-refractivity contribution is 0.225. The number of nitrogens with two attached hydrogens (primary N) is 1. The molecule has 0 spiro atoms. The first-order valence-electron chi connectivity index (χ1n) is 4.92. The Kier molecular flexibility index (Phi) is 4.44. The van der Waals surface area contributed by atoms with E-state index in [1.807, 2.05) is 25.1 Å². The summed E-state index contributed by atoms with van der Waals surface area (Å²) in [7, 11) is 1.60. The molecule has 88 valence electrons. The second kappa shape index (κ2) is 5.85. The van der Waals surface area contributed by atoms with Crippen LogP contribution in [-0.2, 0) is 0 Å². The number of rotatable bonds is 5. The maximum atomic E-state index is 8.42. The predicted octanol–water partition coefficient (Wildman–Crippen LogP) is 1.60. The average molecular weight is 224 g/mol. The van der Waals surface area contributed by atoms with Crippen LogP contribution >= 0.6 is 0 Å². The molecule has 0 aliphatic heterocycles. The van der Waals surface area contributed by atoms with Crippen LogP contribution in [0, 0.1) is 0 Å². The predicted molar refractivity (Wildman–Crippen MR) is 61.1 cm³/mol. The van der Waals surface area contributed by atoms with Crippen molar-refractivity contribution in [3.05, 3.63) is 24.3 Å². The first kappa shape index (κ1) is 12.2. The molecule has 0 saturated carbocycles. The summed E-state index contributed by atoms with van der Waals surface area (Å²) in [5.74, 6) is 1.57. The van der Waals surface area contributed by atoms with Crippen LogP contribution in [0.4, 0.5) is 0 Å². The molecule has 0 amide bonds. The summed E-state index contributed by atoms with van der Waals surface area (Å²) < 4.78 is 10.6. The molecule has 1 aromatic rings. The molecule has 5 heteroatoms. The van der Waals surface area contributed by atoms with Gasteiger partial charge < -0.3 is 20.4 Å². The van der Waals surface area contributed by atoms with Gasteiger partial charge in [0.2, 0.25) is 0 Å². The largest absolute Gasteiger partial charge is 0.497 e. The van der Waals surface area contributed by atoms with Gasteiger partial charge in [-0.15, -0.1) is 0 Å². The number of nitrogens with zero attached hydrogens (tertiary/aromatic N) is 1. The lowest BCUT2D eigenvalue weighted by atomic mass is 10.2. The van der Waals surface area contributed by atoms with E-state index in [2.05, 4.69) is 5.16 Å². The van der Waals surface area contributed by atoms with Crippen molar-refractivity contribution in [2.45, 2.75) is 19.4 Å². The van der Waals surface area contributed by atoms with Gasteiger partial charge in [0, 0.05) is 12.5 Å². The van der Waals surface area contributed by atoms with Gasteiger partial charge in [-0.1, -0.05) is 11.2 Å². The minimum atomic E-state index is -0.164. The summed E-state index contributed by atoms with van der Waals surface area (Å²) >= 11 is 0. The zero-order chi connectivity index (χ0) is 12.0. The van der Waals surface area contributed by atoms with Gasteiger partial charge in [-0.2, -0.15) is 0 Å². The molecule has 3 N–H and O–H groups in total. The van der Waals surface area contributed by atoms with Crippen molar-refractivity contribution < 1.29 is 14.7 Å². The topological polar surface area (TPSA) is 77.1 Å². The van der Waals surface area contributed by atoms with Crippen LogP contribution in [0.25, 0.3) is 0 Å². The van der Waals surface area contributed by atoms with E-state index in [1.54, 1.807) is 13.2 Å². The quantitative estimate of drug-likeness (QED) is 0.344. The second-order valence-electron chi connectivity index (χ2n) is 3.40. The van der Waals surface area contributed by atoms with Crippen molar-refractivity contribution in [3.8, 4) is 11.5 Å². The first-order valence-corrected chi connectivity index (χ1v) is 4.92. The van der Waals surface area contributed by atoms with E-state index in [-0.39, 0.29) is 11.9 Å². The fraction of sp³-hybridized carbons (Fsp3) is 0.364. The molecule has 1 atom stereocenters. The summed E-state index contributed by atoms with van der Waals surface area (Å²) in [5.41, 5.74) is 5.38. The lowest BCUT2D eigenvalue weighted by Crippen LogP contribution is -2.22. The van der Waals surface area contributed by atoms with Crippen LogP contribution in [-0.4, -0.2) is 24.3 Å². The first-order chi connectivity index (χ1) is 7.65. The zero-order valence-corrected chi connectivity index (χ0v) is 9.38. The minimum Gasteiger partial charge on any atom is -0.497 e. The van der Waals surface area contributed by atoms with Crippen molar-refractivity contribution in [3.63, 3.8) is 0 Å². The number of hydrogen-bond donors (Lipinski definition) is 2. The Balaban J connectivity index is 2.58. The number of hydrogen-bond acceptors (Lipinski definition) is 4. The molecule has 0 fully saturated rings. The number of benzene rings is 1. The van der Waals surface area contributed by atoms with E-state index < -0.39 is 0 Å². The number of ether oxygens (including phenoxy) is 2. The van der Waals surface area contributed by atoms with Crippen molar-refractivity contribution >= 4 is 5.84 Å². The van der Waals surface area contributed by atoms with Gasteiger partial charge in [-0.25, -0.2) is 0 Å². The summed E-state index contributed by atoms with van der Waals surface area (Å²) in [5, 5.41) is 11.3. The molecule has 0 radical (unpaired) electrons. The van der Waals surface area contributed by atoms with Gasteiger partial charge in [0.05, 0.1) is 7.11 Å². The smallest absolute Gasteiger partial charge is 0.142 e. The molecule has 1 rings (SSSR count). The summed E-state index contributed by atoms with van der Waals surface area (Å²) in [6.07, 6.45) is 0.205. The highest BCUT2D eigenvalue weighted by Gasteiger charge is 2.07. The molecule has 1 aromatic carbocycles. The van der Waals surface area contributed by atoms with Gasteiger partial charge in [0.25, 0.3) is 0 Å². The van der Waals surface area contributed by atoms with Crippen molar-refractivity contribution in [2.75, 3.05) is 7.11 Å². The van der Waals surface area contributed by atoms with E-state index in [0.717, 1.165) is 5.75 Å². The van der Waals surface area contributed by atoms with E-state index >= 15 is 0 Å². The SMILES string of the molecule is COc1cccc(OC(C)CC(N)=NO)c1. The van der Waals surface area contributed by atoms with E-state index in [4.69, 9.17) is 20.4 Å². The monoisotopic (exact) mass is 224 g/mol. The highest BCUT2D eigenvalue weighted by Crippen LogP contribution is 2.20. The van der Waals surface area contributed by atoms with Crippen LogP contribution in [0.1, 0.15) is 13.3 Å². The van der Waals surface area contributed by atoms with Crippen LogP contribution < -0.4 is 15.2 Å². The standard InChI is InChI=1S/C11H16N2O3/c1-8(6-11(12)13-14)16-10-5-3-4-9(7-10)15-2/h3-5,7-8,14H,6H2,1-2H3,(H2,12,13). The second-order valence-corrected chi connectivity index (χ2v) is 3.40. The van der Waals surface area contributed by atoms with E-state index in [9.17, 15) is 0 Å². The molecule has 0 aliphatic rings. The van der Waals surface area contributed by atoms with Crippen LogP contribution in [0.3, 0.4) is 0 Å². The Morgan fingerprint density at radius 2 is 2.19 bits per heavy atom. The van der Waals surface area contributed by atoms with Crippen molar-refractivity contribution in [1.82, 2.24) is 0 Å². The Morgan fingerprint density at radius 3 is 2.81 bits per heavy atom. The molecule has 16 heavy (non-hydrogen) atoms. The van der Waals surface area contributed by atoms with E-state index in [0.29, 0.717) is 12.2 Å². The maximum Gasteiger partial charge on any atom is 0.142 e. The number of oxime groups is 1. The lowest BCUT2D eigenvalue weighted by Gasteiger charge is -2.14. The number of methoxy groups -OCH3 is 1. The fourth-order valence-electron chi connectivity index (χ4n) is 1.28. The van der Waals surface area contributed by atoms with Gasteiger partial charge in [-0.3, -0.25) is 0 Å². The fourth-order valence-corrected chi connectivity index (χ4v) is 1.28.